The molecule has 1 aromatic carbocycles. The van der Waals surface area contributed by atoms with Crippen molar-refractivity contribution >= 4 is 13.1 Å². The van der Waals surface area contributed by atoms with E-state index in [2.05, 4.69) is 27.7 Å². The van der Waals surface area contributed by atoms with Crippen molar-refractivity contribution in [2.24, 2.45) is 17.3 Å². The molecule has 4 fully saturated rings. The van der Waals surface area contributed by atoms with Crippen molar-refractivity contribution in [3.05, 3.63) is 29.1 Å². The Morgan fingerprint density at radius 1 is 1.28 bits per heavy atom. The largest absolute Gasteiger partial charge is 0.495 e. The summed E-state index contributed by atoms with van der Waals surface area (Å²) < 4.78 is 38.5. The summed E-state index contributed by atoms with van der Waals surface area (Å²) in [5.41, 5.74) is -0.146. The molecule has 0 amide bonds. The molecule has 1 saturated heterocycles. The zero-order valence-corrected chi connectivity index (χ0v) is 20.6. The average molecular weight is 446 g/mol. The van der Waals surface area contributed by atoms with Crippen molar-refractivity contribution in [3.8, 4) is 5.75 Å². The zero-order chi connectivity index (χ0) is 23.6. The van der Waals surface area contributed by atoms with Gasteiger partial charge in [0.1, 0.15) is 22.7 Å². The minimum atomic E-state index is -0.733. The number of benzene rings is 1. The smallest absolute Gasteiger partial charge is 0.461 e. The monoisotopic (exact) mass is 446 g/mol. The number of hydrogen-bond donors (Lipinski definition) is 0. The van der Waals surface area contributed by atoms with Crippen molar-refractivity contribution in [3.63, 3.8) is 0 Å². The van der Waals surface area contributed by atoms with Gasteiger partial charge in [-0.05, 0) is 81.7 Å². The van der Waals surface area contributed by atoms with Crippen molar-refractivity contribution in [2.45, 2.75) is 90.9 Å². The molecule has 7 heteroatoms. The number of esters is 1. The molecule has 0 radical (unpaired) electrons. The third-order valence-electron chi connectivity index (χ3n) is 7.97. The van der Waals surface area contributed by atoms with E-state index < -0.39 is 17.4 Å². The molecule has 3 saturated carbocycles. The number of ether oxygens (including phenoxy) is 2. The lowest BCUT2D eigenvalue weighted by atomic mass is 9.43. The van der Waals surface area contributed by atoms with Crippen LogP contribution in [0.25, 0.3) is 0 Å². The highest BCUT2D eigenvalue weighted by Crippen LogP contribution is 2.66. The maximum atomic E-state index is 14.6. The van der Waals surface area contributed by atoms with Crippen LogP contribution in [0.15, 0.2) is 12.1 Å². The van der Waals surface area contributed by atoms with Gasteiger partial charge >= 0.3 is 13.1 Å². The second kappa shape index (κ2) is 7.73. The van der Waals surface area contributed by atoms with Crippen LogP contribution in [0.4, 0.5) is 4.39 Å². The number of carbonyl (C=O) groups is 1. The molecule has 32 heavy (non-hydrogen) atoms. The highest BCUT2D eigenvalue weighted by atomic mass is 19.1. The lowest BCUT2D eigenvalue weighted by molar-refractivity contribution is -0.199. The van der Waals surface area contributed by atoms with Gasteiger partial charge in [-0.2, -0.15) is 0 Å². The minimum Gasteiger partial charge on any atom is -0.495 e. The first-order valence-electron chi connectivity index (χ1n) is 11.7. The Morgan fingerprint density at radius 3 is 2.56 bits per heavy atom. The summed E-state index contributed by atoms with van der Waals surface area (Å²) in [6.07, 6.45) is 2.88. The van der Waals surface area contributed by atoms with Gasteiger partial charge in [-0.1, -0.05) is 26.8 Å². The minimum absolute atomic E-state index is 0.00332. The normalized spacial score (nSPS) is 31.5. The van der Waals surface area contributed by atoms with E-state index in [4.69, 9.17) is 18.8 Å². The predicted octanol–water partition coefficient (Wildman–Crippen LogP) is 5.45. The van der Waals surface area contributed by atoms with Gasteiger partial charge in [-0.15, -0.1) is 0 Å². The maximum absolute atomic E-state index is 14.6. The summed E-state index contributed by atoms with van der Waals surface area (Å²) in [4.78, 5) is 12.7. The first-order chi connectivity index (χ1) is 14.8. The van der Waals surface area contributed by atoms with E-state index in [1.165, 1.54) is 19.6 Å². The van der Waals surface area contributed by atoms with Crippen LogP contribution in [0.1, 0.15) is 77.2 Å². The van der Waals surface area contributed by atoms with E-state index in [0.29, 0.717) is 18.3 Å². The Hall–Kier alpha value is -1.60. The predicted molar refractivity (Wildman–Crippen MR) is 121 cm³/mol. The molecule has 1 aliphatic heterocycles. The molecule has 0 N–H and O–H groups in total. The van der Waals surface area contributed by atoms with Crippen molar-refractivity contribution < 1.29 is 28.0 Å². The van der Waals surface area contributed by atoms with E-state index in [1.54, 1.807) is 26.8 Å². The summed E-state index contributed by atoms with van der Waals surface area (Å²) in [7, 11) is 1.10. The standard InChI is InChI=1S/C25H36BFO5/c1-14(26-31-19-13-16-12-18(24(16,5)6)25(19,7)32-26)11-15-9-10-17(27)20(21(15)29-8)22(28)30-23(2,3)4/h9-10,14,16,18-19H,11-13H2,1-8H3/t14-,16+,18+,19-,25+/m1/s1. The summed E-state index contributed by atoms with van der Waals surface area (Å²) in [6, 6.07) is 2.97. The maximum Gasteiger partial charge on any atom is 0.461 e. The molecule has 0 aromatic heterocycles. The van der Waals surface area contributed by atoms with Crippen LogP contribution >= 0.6 is 0 Å². The molecule has 1 aromatic rings. The number of halogens is 1. The van der Waals surface area contributed by atoms with Crippen LogP contribution in [0, 0.1) is 23.1 Å². The topological polar surface area (TPSA) is 54.0 Å². The number of hydrogen-bond acceptors (Lipinski definition) is 5. The quantitative estimate of drug-likeness (QED) is 0.445. The first kappa shape index (κ1) is 23.6. The third-order valence-corrected chi connectivity index (χ3v) is 7.97. The first-order valence-corrected chi connectivity index (χ1v) is 11.7. The zero-order valence-electron chi connectivity index (χ0n) is 20.6. The molecule has 4 aliphatic rings. The fourth-order valence-electron chi connectivity index (χ4n) is 6.10. The molecule has 5 rings (SSSR count). The van der Waals surface area contributed by atoms with Gasteiger partial charge in [0, 0.05) is 0 Å². The fourth-order valence-corrected chi connectivity index (χ4v) is 6.10. The summed E-state index contributed by atoms with van der Waals surface area (Å²) in [5.74, 6) is 0.0308. The number of rotatable bonds is 5. The second-order valence-electron chi connectivity index (χ2n) is 11.6. The lowest BCUT2D eigenvalue weighted by Crippen LogP contribution is -2.65. The molecule has 176 valence electrons. The van der Waals surface area contributed by atoms with Crippen molar-refractivity contribution in [1.82, 2.24) is 0 Å². The van der Waals surface area contributed by atoms with Crippen LogP contribution in [-0.2, 0) is 20.5 Å². The lowest BCUT2D eigenvalue weighted by Gasteiger charge is -2.64. The van der Waals surface area contributed by atoms with E-state index in [-0.39, 0.29) is 41.4 Å². The highest BCUT2D eigenvalue weighted by molar-refractivity contribution is 6.47. The molecular weight excluding hydrogens is 410 g/mol. The van der Waals surface area contributed by atoms with Gasteiger partial charge in [-0.25, -0.2) is 9.18 Å². The molecule has 5 atom stereocenters. The molecule has 0 unspecified atom stereocenters. The van der Waals surface area contributed by atoms with Gasteiger partial charge in [0.25, 0.3) is 0 Å². The number of methoxy groups -OCH3 is 1. The van der Waals surface area contributed by atoms with Gasteiger partial charge in [0.2, 0.25) is 0 Å². The van der Waals surface area contributed by atoms with E-state index in [0.717, 1.165) is 12.0 Å². The van der Waals surface area contributed by atoms with Crippen LogP contribution in [-0.4, -0.2) is 37.5 Å². The van der Waals surface area contributed by atoms with Crippen molar-refractivity contribution in [1.29, 1.82) is 0 Å². The Bertz CT molecular complexity index is 910. The average Bonchev–Trinajstić information content (AvgIpc) is 3.04. The Labute approximate surface area is 191 Å². The molecule has 3 aliphatic carbocycles. The summed E-state index contributed by atoms with van der Waals surface area (Å²) in [6.45, 7) is 14.2. The Morgan fingerprint density at radius 2 is 1.97 bits per heavy atom. The Balaban J connectivity index is 1.54. The van der Waals surface area contributed by atoms with Crippen molar-refractivity contribution in [2.75, 3.05) is 7.11 Å². The van der Waals surface area contributed by atoms with Gasteiger partial charge in [-0.3, -0.25) is 0 Å². The molecule has 2 bridgehead atoms. The van der Waals surface area contributed by atoms with E-state index >= 15 is 0 Å². The van der Waals surface area contributed by atoms with Crippen LogP contribution in [0.2, 0.25) is 5.82 Å². The van der Waals surface area contributed by atoms with E-state index in [1.807, 2.05) is 0 Å². The van der Waals surface area contributed by atoms with Gasteiger partial charge < -0.3 is 18.8 Å². The SMILES string of the molecule is COc1c(C[C@@H](C)B2O[C@@H]3C[C@@H]4C[C@@H](C4(C)C)[C@]3(C)O2)ccc(F)c1C(=O)OC(C)(C)C. The third kappa shape index (κ3) is 3.75. The highest BCUT2D eigenvalue weighted by Gasteiger charge is 2.68. The van der Waals surface area contributed by atoms with Gasteiger partial charge in [0.05, 0.1) is 18.8 Å². The fraction of sp³-hybridized carbons (Fsp3) is 0.720. The van der Waals surface area contributed by atoms with Gasteiger partial charge in [0.15, 0.2) is 0 Å². The van der Waals surface area contributed by atoms with Crippen LogP contribution < -0.4 is 4.74 Å². The second-order valence-corrected chi connectivity index (χ2v) is 11.6. The summed E-state index contributed by atoms with van der Waals surface area (Å²) in [5, 5.41) is 0. The van der Waals surface area contributed by atoms with E-state index in [9.17, 15) is 9.18 Å². The molecule has 1 heterocycles. The van der Waals surface area contributed by atoms with Crippen LogP contribution in [0.5, 0.6) is 5.75 Å². The number of carbonyl (C=O) groups excluding carboxylic acids is 1. The molecule has 0 spiro atoms. The van der Waals surface area contributed by atoms with Crippen LogP contribution in [0.3, 0.4) is 0 Å². The molecular formula is C25H36BFO5. The summed E-state index contributed by atoms with van der Waals surface area (Å²) >= 11 is 0. The Kier molecular flexibility index (Phi) is 5.69. The molecule has 5 nitrogen and oxygen atoms in total.